The zero-order valence-corrected chi connectivity index (χ0v) is 16.7. The fourth-order valence-electron chi connectivity index (χ4n) is 3.45. The molecule has 3 rings (SSSR count). The Balaban J connectivity index is 2.14. The number of aliphatic hydroxyl groups is 1. The molecule has 1 aliphatic rings. The van der Waals surface area contributed by atoms with Crippen molar-refractivity contribution >= 4 is 12.0 Å². The van der Waals surface area contributed by atoms with Crippen LogP contribution in [0.1, 0.15) is 59.0 Å². The summed E-state index contributed by atoms with van der Waals surface area (Å²) in [4.78, 5) is 12.8. The molecule has 0 unspecified atom stereocenters. The first-order chi connectivity index (χ1) is 13.4. The highest BCUT2D eigenvalue weighted by Gasteiger charge is 2.29. The molecule has 1 atom stereocenters. The lowest BCUT2D eigenvalue weighted by Crippen LogP contribution is -2.15. The number of carbonyl (C=O) groups excluding carboxylic acids is 1. The smallest absolute Gasteiger partial charge is 0.346 e. The fraction of sp³-hybridized carbons (Fsp3) is 0.348. The van der Waals surface area contributed by atoms with Gasteiger partial charge < -0.3 is 19.3 Å². The van der Waals surface area contributed by atoms with E-state index in [9.17, 15) is 9.90 Å². The summed E-state index contributed by atoms with van der Waals surface area (Å²) in [5.74, 6) is 0.778. The normalized spacial score (nSPS) is 14.1. The van der Waals surface area contributed by atoms with Crippen molar-refractivity contribution in [1.29, 1.82) is 0 Å². The molecule has 0 spiro atoms. The molecule has 1 aliphatic heterocycles. The van der Waals surface area contributed by atoms with Crippen LogP contribution in [-0.4, -0.2) is 18.2 Å². The number of ether oxygens (including phenoxy) is 3. The standard InChI is InChI=1S/C23H25O5/c1-6-15-14(4)7-9-19-17(15)12-27-23(25)21-20(28-19)10-8-16(22(21)26-5)18(24)11-13(2)3/h6-8,10,13,18,24H,1,11-12H2,2-5H3/t18-/m0/s1. The van der Waals surface area contributed by atoms with E-state index in [-0.39, 0.29) is 23.8 Å². The number of aryl methyl sites for hydroxylation is 1. The van der Waals surface area contributed by atoms with Gasteiger partial charge in [0.25, 0.3) is 0 Å². The zero-order valence-electron chi connectivity index (χ0n) is 16.7. The van der Waals surface area contributed by atoms with Crippen LogP contribution in [0.3, 0.4) is 0 Å². The molecule has 1 N–H and O–H groups in total. The van der Waals surface area contributed by atoms with Crippen LogP contribution in [0, 0.1) is 18.9 Å². The van der Waals surface area contributed by atoms with Gasteiger partial charge >= 0.3 is 5.97 Å². The Labute approximate surface area is 165 Å². The molecule has 2 aromatic rings. The van der Waals surface area contributed by atoms with E-state index in [1.54, 1.807) is 18.2 Å². The number of rotatable bonds is 5. The van der Waals surface area contributed by atoms with Crippen LogP contribution >= 0.6 is 0 Å². The topological polar surface area (TPSA) is 65.0 Å². The number of cyclic esters (lactones) is 1. The molecule has 1 heterocycles. The maximum Gasteiger partial charge on any atom is 0.346 e. The maximum atomic E-state index is 12.8. The predicted octanol–water partition coefficient (Wildman–Crippen LogP) is 4.99. The number of hydrogen-bond acceptors (Lipinski definition) is 5. The highest BCUT2D eigenvalue weighted by Crippen LogP contribution is 2.42. The van der Waals surface area contributed by atoms with Gasteiger partial charge in [-0.3, -0.25) is 0 Å². The van der Waals surface area contributed by atoms with E-state index < -0.39 is 12.1 Å². The van der Waals surface area contributed by atoms with Gasteiger partial charge in [-0.25, -0.2) is 4.79 Å². The molecule has 5 heteroatoms. The number of benzene rings is 2. The van der Waals surface area contributed by atoms with Gasteiger partial charge in [0.15, 0.2) is 0 Å². The molecular formula is C23H25O5. The van der Waals surface area contributed by atoms with Gasteiger partial charge in [0.05, 0.1) is 13.2 Å². The minimum atomic E-state index is -0.757. The van der Waals surface area contributed by atoms with E-state index in [0.29, 0.717) is 23.5 Å². The molecule has 0 amide bonds. The molecule has 0 bridgehead atoms. The summed E-state index contributed by atoms with van der Waals surface area (Å²) in [6.07, 6.45) is 1.50. The lowest BCUT2D eigenvalue weighted by molar-refractivity contribution is 0.0454. The molecule has 2 aromatic carbocycles. The molecule has 0 fully saturated rings. The van der Waals surface area contributed by atoms with E-state index >= 15 is 0 Å². The molecular weight excluding hydrogens is 356 g/mol. The van der Waals surface area contributed by atoms with E-state index in [4.69, 9.17) is 14.2 Å². The number of methoxy groups -OCH3 is 1. The molecule has 1 radical (unpaired) electrons. The second kappa shape index (κ2) is 8.07. The minimum Gasteiger partial charge on any atom is -0.495 e. The minimum absolute atomic E-state index is 0.0368. The molecule has 0 aliphatic carbocycles. The second-order valence-corrected chi connectivity index (χ2v) is 7.28. The molecule has 0 saturated carbocycles. The van der Waals surface area contributed by atoms with E-state index in [1.165, 1.54) is 7.11 Å². The Morgan fingerprint density at radius 1 is 1.39 bits per heavy atom. The third-order valence-corrected chi connectivity index (χ3v) is 4.82. The van der Waals surface area contributed by atoms with Crippen molar-refractivity contribution < 1.29 is 24.1 Å². The van der Waals surface area contributed by atoms with Crippen LogP contribution in [0.5, 0.6) is 17.2 Å². The van der Waals surface area contributed by atoms with Crippen molar-refractivity contribution in [3.8, 4) is 17.2 Å². The molecule has 0 aromatic heterocycles. The summed E-state index contributed by atoms with van der Waals surface area (Å²) in [6, 6.07) is 8.31. The number of esters is 1. The summed E-state index contributed by atoms with van der Waals surface area (Å²) in [6.45, 7) is 9.86. The first kappa shape index (κ1) is 20.0. The Hall–Kier alpha value is -2.79. The van der Waals surface area contributed by atoms with Gasteiger partial charge in [-0.2, -0.15) is 0 Å². The maximum absolute atomic E-state index is 12.8. The van der Waals surface area contributed by atoms with Crippen LogP contribution < -0.4 is 9.47 Å². The van der Waals surface area contributed by atoms with Crippen molar-refractivity contribution in [2.75, 3.05) is 7.11 Å². The summed E-state index contributed by atoms with van der Waals surface area (Å²) in [7, 11) is 1.46. The second-order valence-electron chi connectivity index (χ2n) is 7.28. The molecule has 0 saturated heterocycles. The number of aliphatic hydroxyl groups excluding tert-OH is 1. The lowest BCUT2D eigenvalue weighted by atomic mass is 9.96. The van der Waals surface area contributed by atoms with Crippen LogP contribution in [0.25, 0.3) is 6.08 Å². The highest BCUT2D eigenvalue weighted by molar-refractivity contribution is 5.96. The van der Waals surface area contributed by atoms with Gasteiger partial charge in [-0.15, -0.1) is 0 Å². The van der Waals surface area contributed by atoms with Gasteiger partial charge in [0.2, 0.25) is 0 Å². The monoisotopic (exact) mass is 381 g/mol. The lowest BCUT2D eigenvalue weighted by Gasteiger charge is -2.24. The van der Waals surface area contributed by atoms with Crippen LogP contribution in [-0.2, 0) is 11.3 Å². The van der Waals surface area contributed by atoms with Gasteiger partial charge in [0.1, 0.15) is 29.4 Å². The fourth-order valence-corrected chi connectivity index (χ4v) is 3.45. The first-order valence-electron chi connectivity index (χ1n) is 9.27. The van der Waals surface area contributed by atoms with Crippen molar-refractivity contribution in [3.05, 3.63) is 58.7 Å². The van der Waals surface area contributed by atoms with Gasteiger partial charge in [-0.05, 0) is 48.6 Å². The molecule has 5 nitrogen and oxygen atoms in total. The number of hydrogen-bond donors (Lipinski definition) is 1. The highest BCUT2D eigenvalue weighted by atomic mass is 16.5. The number of carbonyl (C=O) groups is 1. The average Bonchev–Trinajstić information content (AvgIpc) is 2.65. The molecule has 28 heavy (non-hydrogen) atoms. The van der Waals surface area contributed by atoms with E-state index in [2.05, 4.69) is 12.6 Å². The third kappa shape index (κ3) is 3.62. The first-order valence-corrected chi connectivity index (χ1v) is 9.27. The van der Waals surface area contributed by atoms with Gasteiger partial charge in [-0.1, -0.05) is 26.5 Å². The summed E-state index contributed by atoms with van der Waals surface area (Å²) in [5, 5.41) is 10.6. The summed E-state index contributed by atoms with van der Waals surface area (Å²) >= 11 is 0. The van der Waals surface area contributed by atoms with Crippen molar-refractivity contribution in [3.63, 3.8) is 0 Å². The van der Waals surface area contributed by atoms with Crippen molar-refractivity contribution in [2.24, 2.45) is 5.92 Å². The quantitative estimate of drug-likeness (QED) is 0.739. The average molecular weight is 381 g/mol. The van der Waals surface area contributed by atoms with Crippen molar-refractivity contribution in [2.45, 2.75) is 39.9 Å². The summed E-state index contributed by atoms with van der Waals surface area (Å²) in [5.41, 5.74) is 3.26. The van der Waals surface area contributed by atoms with Crippen LogP contribution in [0.15, 0.2) is 24.8 Å². The van der Waals surface area contributed by atoms with E-state index in [0.717, 1.165) is 16.7 Å². The van der Waals surface area contributed by atoms with Crippen molar-refractivity contribution in [1.82, 2.24) is 0 Å². The number of fused-ring (bicyclic) bond motifs is 2. The van der Waals surface area contributed by atoms with Crippen LogP contribution in [0.2, 0.25) is 0 Å². The van der Waals surface area contributed by atoms with Crippen LogP contribution in [0.4, 0.5) is 0 Å². The Morgan fingerprint density at radius 2 is 2.14 bits per heavy atom. The third-order valence-electron chi connectivity index (χ3n) is 4.82. The Kier molecular flexibility index (Phi) is 5.75. The summed E-state index contributed by atoms with van der Waals surface area (Å²) < 4.78 is 17.1. The SMILES string of the molecule is C=Cc1c(C)c[c]c2c1COC(=O)c1c(ccc([C@@H](O)CC(C)C)c1OC)O2. The zero-order chi connectivity index (χ0) is 20.4. The largest absolute Gasteiger partial charge is 0.495 e. The van der Waals surface area contributed by atoms with E-state index in [1.807, 2.05) is 26.8 Å². The molecule has 147 valence electrons. The Bertz CT molecular complexity index is 914. The van der Waals surface area contributed by atoms with Gasteiger partial charge in [0, 0.05) is 17.2 Å². The predicted molar refractivity (Wildman–Crippen MR) is 107 cm³/mol. The Morgan fingerprint density at radius 3 is 2.79 bits per heavy atom.